The number of benzene rings is 2. The topological polar surface area (TPSA) is 96.2 Å². The van der Waals surface area contributed by atoms with Crippen molar-refractivity contribution in [2.24, 2.45) is 0 Å². The van der Waals surface area contributed by atoms with Gasteiger partial charge in [-0.2, -0.15) is 0 Å². The Morgan fingerprint density at radius 2 is 1.94 bits per heavy atom. The van der Waals surface area contributed by atoms with E-state index in [0.717, 1.165) is 5.56 Å². The van der Waals surface area contributed by atoms with Crippen molar-refractivity contribution >= 4 is 29.3 Å². The van der Waals surface area contributed by atoms with Crippen molar-refractivity contribution in [2.45, 2.75) is 44.9 Å². The van der Waals surface area contributed by atoms with Crippen molar-refractivity contribution < 1.29 is 19.0 Å². The summed E-state index contributed by atoms with van der Waals surface area (Å²) in [7, 11) is 0. The van der Waals surface area contributed by atoms with Crippen LogP contribution in [-0.2, 0) is 9.59 Å². The number of nitrogens with zero attached hydrogens (tertiary/aromatic N) is 3. The van der Waals surface area contributed by atoms with E-state index in [1.54, 1.807) is 35.6 Å². The zero-order valence-corrected chi connectivity index (χ0v) is 19.7. The number of aromatic amines is 1. The molecule has 2 aromatic carbocycles. The van der Waals surface area contributed by atoms with Gasteiger partial charge in [-0.25, -0.2) is 4.90 Å². The Balaban J connectivity index is 2.09. The monoisotopic (exact) mass is 465 g/mol. The average Bonchev–Trinajstić information content (AvgIpc) is 2.83. The zero-order chi connectivity index (χ0) is 23.7. The van der Waals surface area contributed by atoms with Gasteiger partial charge in [0.15, 0.2) is 0 Å². The van der Waals surface area contributed by atoms with Gasteiger partial charge in [-0.1, -0.05) is 49.4 Å². The van der Waals surface area contributed by atoms with Gasteiger partial charge in [0, 0.05) is 17.9 Å². The van der Waals surface area contributed by atoms with Crippen molar-refractivity contribution in [2.75, 3.05) is 11.2 Å². The molecule has 0 aliphatic carbocycles. The van der Waals surface area contributed by atoms with Gasteiger partial charge in [0.1, 0.15) is 5.75 Å². The van der Waals surface area contributed by atoms with Gasteiger partial charge in [-0.3, -0.25) is 19.4 Å². The number of aryl methyl sites for hydroxylation is 1. The highest BCUT2D eigenvalue weighted by Crippen LogP contribution is 2.40. The molecule has 33 heavy (non-hydrogen) atoms. The molecule has 9 heteroatoms. The van der Waals surface area contributed by atoms with Gasteiger partial charge in [-0.15, -0.1) is 0 Å². The molecule has 170 valence electrons. The first kappa shape index (κ1) is 22.7. The lowest BCUT2D eigenvalue weighted by Gasteiger charge is -2.32. The summed E-state index contributed by atoms with van der Waals surface area (Å²) < 4.78 is 7.21. The Labute approximate surface area is 195 Å². The molecule has 1 aromatic heterocycles. The SMILES string of the molecule is CCC(=O)Oc1ccc(C)cc1[C@@H]1N(C(=O)CC)c2ccccc2-c2c(=O)[nH]c(SC)n[n+]21. The molecule has 8 nitrogen and oxygen atoms in total. The van der Waals surface area contributed by atoms with Gasteiger partial charge >= 0.3 is 17.2 Å². The molecule has 1 amide bonds. The predicted octanol–water partition coefficient (Wildman–Crippen LogP) is 3.37. The number of rotatable bonds is 5. The molecule has 0 spiro atoms. The number of hydrogen-bond acceptors (Lipinski definition) is 6. The van der Waals surface area contributed by atoms with Gasteiger partial charge in [0.2, 0.25) is 11.1 Å². The number of aromatic nitrogens is 3. The Hall–Kier alpha value is -3.46. The summed E-state index contributed by atoms with van der Waals surface area (Å²) in [5, 5.41) is 5.09. The maximum atomic E-state index is 13.3. The number of amides is 1. The van der Waals surface area contributed by atoms with Crippen LogP contribution in [0.4, 0.5) is 5.69 Å². The lowest BCUT2D eigenvalue weighted by molar-refractivity contribution is -0.763. The van der Waals surface area contributed by atoms with Gasteiger partial charge in [0.25, 0.3) is 6.17 Å². The third-order valence-electron chi connectivity index (χ3n) is 5.48. The molecule has 0 unspecified atom stereocenters. The van der Waals surface area contributed by atoms with E-state index in [1.165, 1.54) is 11.8 Å². The molecule has 4 rings (SSSR count). The second kappa shape index (κ2) is 9.19. The van der Waals surface area contributed by atoms with E-state index in [4.69, 9.17) is 4.74 Å². The first-order valence-corrected chi connectivity index (χ1v) is 11.9. The fourth-order valence-electron chi connectivity index (χ4n) is 3.94. The highest BCUT2D eigenvalue weighted by atomic mass is 32.2. The summed E-state index contributed by atoms with van der Waals surface area (Å²) in [5.41, 5.74) is 2.73. The van der Waals surface area contributed by atoms with E-state index >= 15 is 0 Å². The second-order valence-electron chi connectivity index (χ2n) is 7.63. The van der Waals surface area contributed by atoms with E-state index in [9.17, 15) is 14.4 Å². The minimum atomic E-state index is -0.810. The van der Waals surface area contributed by atoms with Crippen LogP contribution in [-0.4, -0.2) is 28.2 Å². The maximum absolute atomic E-state index is 13.3. The van der Waals surface area contributed by atoms with E-state index < -0.39 is 12.1 Å². The number of H-pyrrole nitrogens is 1. The van der Waals surface area contributed by atoms with Crippen LogP contribution < -0.4 is 19.9 Å². The fourth-order valence-corrected chi connectivity index (χ4v) is 4.31. The lowest BCUT2D eigenvalue weighted by atomic mass is 9.99. The van der Waals surface area contributed by atoms with E-state index in [0.29, 0.717) is 33.4 Å². The average molecular weight is 466 g/mol. The summed E-state index contributed by atoms with van der Waals surface area (Å²) in [4.78, 5) is 43.1. The Kier molecular flexibility index (Phi) is 6.33. The summed E-state index contributed by atoms with van der Waals surface area (Å²) in [6.07, 6.45) is 1.45. The Morgan fingerprint density at radius 3 is 2.64 bits per heavy atom. The standard InChI is InChI=1S/C24H24N4O4S/c1-5-19(29)27-17-10-8-7-9-15(17)21-22(31)25-24(33-4)26-28(21)23(27)16-13-14(3)11-12-18(16)32-20(30)6-2/h7-13,23H,5-6H2,1-4H3/p+1/t23-/m1/s1. The number of thioether (sulfide) groups is 1. The maximum Gasteiger partial charge on any atom is 0.325 e. The normalized spacial score (nSPS) is 14.4. The molecule has 1 aliphatic rings. The third kappa shape index (κ3) is 4.04. The van der Waals surface area contributed by atoms with Crippen molar-refractivity contribution in [3.05, 3.63) is 63.9 Å². The molecule has 0 radical (unpaired) electrons. The summed E-state index contributed by atoms with van der Waals surface area (Å²) in [6, 6.07) is 12.7. The van der Waals surface area contributed by atoms with Crippen LogP contribution in [0.15, 0.2) is 52.4 Å². The van der Waals surface area contributed by atoms with Crippen LogP contribution >= 0.6 is 11.8 Å². The molecular weight excluding hydrogens is 440 g/mol. The highest BCUT2D eigenvalue weighted by Gasteiger charge is 2.46. The molecule has 0 bridgehead atoms. The first-order valence-electron chi connectivity index (χ1n) is 10.7. The second-order valence-corrected chi connectivity index (χ2v) is 8.43. The number of esters is 1. The minimum absolute atomic E-state index is 0.146. The Morgan fingerprint density at radius 1 is 1.18 bits per heavy atom. The molecule has 0 saturated carbocycles. The summed E-state index contributed by atoms with van der Waals surface area (Å²) >= 11 is 1.30. The van der Waals surface area contributed by atoms with E-state index in [2.05, 4.69) is 10.1 Å². The largest absolute Gasteiger partial charge is 0.426 e. The number of ether oxygens (including phenoxy) is 1. The van der Waals surface area contributed by atoms with Crippen molar-refractivity contribution in [1.82, 2.24) is 10.1 Å². The third-order valence-corrected chi connectivity index (χ3v) is 6.05. The van der Waals surface area contributed by atoms with E-state index in [-0.39, 0.29) is 24.3 Å². The van der Waals surface area contributed by atoms with Gasteiger partial charge < -0.3 is 4.74 Å². The molecule has 3 aromatic rings. The number of nitrogens with one attached hydrogen (secondary N) is 1. The molecule has 2 heterocycles. The predicted molar refractivity (Wildman–Crippen MR) is 125 cm³/mol. The number of para-hydroxylation sites is 1. The number of anilines is 1. The van der Waals surface area contributed by atoms with Crippen LogP contribution in [0.25, 0.3) is 11.3 Å². The van der Waals surface area contributed by atoms with Crippen LogP contribution in [0, 0.1) is 6.92 Å². The molecule has 1 atom stereocenters. The van der Waals surface area contributed by atoms with Crippen LogP contribution in [0.1, 0.15) is 44.0 Å². The molecule has 0 fully saturated rings. The quantitative estimate of drug-likeness (QED) is 0.269. The molecule has 1 N–H and O–H groups in total. The van der Waals surface area contributed by atoms with Crippen molar-refractivity contribution in [3.8, 4) is 17.0 Å². The number of carbonyl (C=O) groups excluding carboxylic acids is 2. The Bertz CT molecular complexity index is 1300. The molecular formula is C24H25N4O4S+. The number of carbonyl (C=O) groups is 2. The minimum Gasteiger partial charge on any atom is -0.426 e. The summed E-state index contributed by atoms with van der Waals surface area (Å²) in [6.45, 7) is 5.42. The van der Waals surface area contributed by atoms with Crippen molar-refractivity contribution in [3.63, 3.8) is 0 Å². The van der Waals surface area contributed by atoms with Crippen LogP contribution in [0.3, 0.4) is 0 Å². The lowest BCUT2D eigenvalue weighted by Crippen LogP contribution is -2.61. The molecule has 1 aliphatic heterocycles. The van der Waals surface area contributed by atoms with E-state index in [1.807, 2.05) is 43.5 Å². The van der Waals surface area contributed by atoms with Gasteiger partial charge in [-0.05, 0) is 42.1 Å². The first-order chi connectivity index (χ1) is 15.9. The fraction of sp³-hybridized carbons (Fsp3) is 0.292. The summed E-state index contributed by atoms with van der Waals surface area (Å²) in [5.74, 6) is -0.205. The highest BCUT2D eigenvalue weighted by molar-refractivity contribution is 7.98. The smallest absolute Gasteiger partial charge is 0.325 e. The zero-order valence-electron chi connectivity index (χ0n) is 18.9. The van der Waals surface area contributed by atoms with Crippen LogP contribution in [0.2, 0.25) is 0 Å². The van der Waals surface area contributed by atoms with Crippen LogP contribution in [0.5, 0.6) is 5.75 Å². The number of hydrogen-bond donors (Lipinski definition) is 1. The van der Waals surface area contributed by atoms with Gasteiger partial charge in [0.05, 0.1) is 16.8 Å². The molecule has 0 saturated heterocycles. The van der Waals surface area contributed by atoms with Crippen molar-refractivity contribution in [1.29, 1.82) is 0 Å². The number of fused-ring (bicyclic) bond motifs is 3.